The maximum Gasteiger partial charge on any atom is 0.146 e. The fourth-order valence-electron chi connectivity index (χ4n) is 3.34. The number of halogens is 1. The highest BCUT2D eigenvalue weighted by molar-refractivity contribution is 7.18. The predicted molar refractivity (Wildman–Crippen MR) is 102 cm³/mol. The van der Waals surface area contributed by atoms with Crippen molar-refractivity contribution in [2.45, 2.75) is 20.3 Å². The van der Waals surface area contributed by atoms with Crippen LogP contribution >= 0.6 is 11.3 Å². The van der Waals surface area contributed by atoms with E-state index in [1.807, 2.05) is 12.1 Å². The molecule has 3 aromatic rings. The minimum absolute atomic E-state index is 0.151. The second-order valence-corrected chi connectivity index (χ2v) is 7.55. The summed E-state index contributed by atoms with van der Waals surface area (Å²) >= 11 is 1.72. The van der Waals surface area contributed by atoms with Gasteiger partial charge in [-0.2, -0.15) is 0 Å². The number of benzene rings is 1. The lowest BCUT2D eigenvalue weighted by molar-refractivity contribution is 0.596. The van der Waals surface area contributed by atoms with E-state index < -0.39 is 0 Å². The first-order valence-corrected chi connectivity index (χ1v) is 9.49. The Morgan fingerprint density at radius 1 is 1.08 bits per heavy atom. The number of aryl methyl sites for hydroxylation is 2. The zero-order valence-electron chi connectivity index (χ0n) is 14.5. The van der Waals surface area contributed by atoms with Crippen LogP contribution in [0.2, 0.25) is 0 Å². The number of nitrogens with zero attached hydrogens (tertiary/aromatic N) is 4. The van der Waals surface area contributed by atoms with Crippen molar-refractivity contribution in [1.29, 1.82) is 0 Å². The third kappa shape index (κ3) is 3.06. The Labute approximate surface area is 150 Å². The monoisotopic (exact) mass is 356 g/mol. The molecule has 0 aliphatic carbocycles. The average Bonchev–Trinajstić information content (AvgIpc) is 3.01. The molecule has 0 radical (unpaired) electrons. The number of piperazine rings is 1. The highest BCUT2D eigenvalue weighted by atomic mass is 32.1. The first-order chi connectivity index (χ1) is 12.2. The van der Waals surface area contributed by atoms with E-state index in [2.05, 4.69) is 34.7 Å². The molecule has 4 nitrogen and oxygen atoms in total. The molecule has 4 rings (SSSR count). The minimum Gasteiger partial charge on any atom is -0.366 e. The summed E-state index contributed by atoms with van der Waals surface area (Å²) in [6.45, 7) is 7.43. The Morgan fingerprint density at radius 3 is 2.52 bits per heavy atom. The molecule has 0 bridgehead atoms. The van der Waals surface area contributed by atoms with Crippen LogP contribution in [0.3, 0.4) is 0 Å². The number of para-hydroxylation sites is 1. The van der Waals surface area contributed by atoms with Crippen molar-refractivity contribution < 1.29 is 4.39 Å². The Morgan fingerprint density at radius 2 is 1.80 bits per heavy atom. The van der Waals surface area contributed by atoms with Gasteiger partial charge in [-0.1, -0.05) is 19.1 Å². The van der Waals surface area contributed by atoms with Gasteiger partial charge in [-0.15, -0.1) is 11.3 Å². The molecule has 0 atom stereocenters. The van der Waals surface area contributed by atoms with E-state index in [1.54, 1.807) is 17.4 Å². The molecule has 0 amide bonds. The number of rotatable bonds is 3. The maximum atomic E-state index is 14.0. The Kier molecular flexibility index (Phi) is 4.29. The van der Waals surface area contributed by atoms with Crippen LogP contribution in [0.15, 0.2) is 30.3 Å². The minimum atomic E-state index is -0.151. The van der Waals surface area contributed by atoms with Crippen LogP contribution in [-0.2, 0) is 6.42 Å². The van der Waals surface area contributed by atoms with Gasteiger partial charge in [0, 0.05) is 37.5 Å². The van der Waals surface area contributed by atoms with Gasteiger partial charge in [-0.05, 0) is 25.1 Å². The van der Waals surface area contributed by atoms with Crippen LogP contribution in [0.25, 0.3) is 10.2 Å². The Bertz CT molecular complexity index is 900. The van der Waals surface area contributed by atoms with Crippen LogP contribution in [0.4, 0.5) is 15.9 Å². The SMILES string of the molecule is CCc1nc(N2CCN(c3ccccc3F)CC2)c2cc(C)sc2n1. The molecule has 1 aromatic carbocycles. The smallest absolute Gasteiger partial charge is 0.146 e. The zero-order chi connectivity index (χ0) is 17.4. The van der Waals surface area contributed by atoms with Crippen molar-refractivity contribution in [3.63, 3.8) is 0 Å². The molecule has 1 aliphatic rings. The van der Waals surface area contributed by atoms with E-state index in [9.17, 15) is 4.39 Å². The van der Waals surface area contributed by atoms with Crippen LogP contribution in [0, 0.1) is 12.7 Å². The van der Waals surface area contributed by atoms with Crippen LogP contribution in [0.1, 0.15) is 17.6 Å². The van der Waals surface area contributed by atoms with E-state index in [1.165, 1.54) is 10.9 Å². The topological polar surface area (TPSA) is 32.3 Å². The van der Waals surface area contributed by atoms with Crippen molar-refractivity contribution in [3.05, 3.63) is 46.9 Å². The standard InChI is InChI=1S/C19H21FN4S/c1-3-17-21-18(14-12-13(2)25-19(14)22-17)24-10-8-23(9-11-24)16-7-5-4-6-15(16)20/h4-7,12H,3,8-11H2,1-2H3. The molecule has 25 heavy (non-hydrogen) atoms. The fourth-order valence-corrected chi connectivity index (χ4v) is 4.23. The predicted octanol–water partition coefficient (Wildman–Crippen LogP) is 4.03. The zero-order valence-corrected chi connectivity index (χ0v) is 15.3. The lowest BCUT2D eigenvalue weighted by Crippen LogP contribution is -2.47. The van der Waals surface area contributed by atoms with Gasteiger partial charge in [-0.3, -0.25) is 0 Å². The van der Waals surface area contributed by atoms with Crippen molar-refractivity contribution in [3.8, 4) is 0 Å². The van der Waals surface area contributed by atoms with Gasteiger partial charge in [0.05, 0.1) is 11.1 Å². The highest BCUT2D eigenvalue weighted by Crippen LogP contribution is 2.32. The normalized spacial score (nSPS) is 15.2. The maximum absolute atomic E-state index is 14.0. The summed E-state index contributed by atoms with van der Waals surface area (Å²) in [6.07, 6.45) is 0.828. The number of hydrogen-bond donors (Lipinski definition) is 0. The molecule has 130 valence electrons. The molecule has 0 spiro atoms. The molecule has 1 saturated heterocycles. The van der Waals surface area contributed by atoms with Gasteiger partial charge >= 0.3 is 0 Å². The molecule has 6 heteroatoms. The summed E-state index contributed by atoms with van der Waals surface area (Å²) in [5.74, 6) is 1.77. The lowest BCUT2D eigenvalue weighted by Gasteiger charge is -2.37. The van der Waals surface area contributed by atoms with Crippen molar-refractivity contribution in [2.75, 3.05) is 36.0 Å². The number of fused-ring (bicyclic) bond motifs is 1. The first-order valence-electron chi connectivity index (χ1n) is 8.67. The summed E-state index contributed by atoms with van der Waals surface area (Å²) in [5.41, 5.74) is 0.690. The summed E-state index contributed by atoms with van der Waals surface area (Å²) in [7, 11) is 0. The fraction of sp³-hybridized carbons (Fsp3) is 0.368. The van der Waals surface area contributed by atoms with Crippen LogP contribution < -0.4 is 9.80 Å². The van der Waals surface area contributed by atoms with Crippen LogP contribution in [-0.4, -0.2) is 36.1 Å². The molecule has 0 unspecified atom stereocenters. The third-order valence-electron chi connectivity index (χ3n) is 4.63. The lowest BCUT2D eigenvalue weighted by atomic mass is 10.2. The van der Waals surface area contributed by atoms with E-state index in [-0.39, 0.29) is 5.82 Å². The van der Waals surface area contributed by atoms with Crippen LogP contribution in [0.5, 0.6) is 0 Å². The molecular weight excluding hydrogens is 335 g/mol. The van der Waals surface area contributed by atoms with Crippen molar-refractivity contribution >= 4 is 33.1 Å². The van der Waals surface area contributed by atoms with Gasteiger partial charge in [0.15, 0.2) is 0 Å². The molecular formula is C19H21FN4S. The number of thiophene rings is 1. The molecule has 2 aromatic heterocycles. The summed E-state index contributed by atoms with van der Waals surface area (Å²) in [4.78, 5) is 16.2. The van der Waals surface area contributed by atoms with E-state index in [0.29, 0.717) is 5.69 Å². The summed E-state index contributed by atoms with van der Waals surface area (Å²) in [5, 5.41) is 1.14. The van der Waals surface area contributed by atoms with Gasteiger partial charge in [0.2, 0.25) is 0 Å². The number of aromatic nitrogens is 2. The first kappa shape index (κ1) is 16.3. The number of anilines is 2. The van der Waals surface area contributed by atoms with E-state index in [0.717, 1.165) is 54.5 Å². The van der Waals surface area contributed by atoms with Gasteiger partial charge < -0.3 is 9.80 Å². The summed E-state index contributed by atoms with van der Waals surface area (Å²) in [6, 6.07) is 9.18. The average molecular weight is 356 g/mol. The van der Waals surface area contributed by atoms with Crippen molar-refractivity contribution in [2.24, 2.45) is 0 Å². The quantitative estimate of drug-likeness (QED) is 0.709. The molecule has 0 N–H and O–H groups in total. The Hall–Kier alpha value is -2.21. The van der Waals surface area contributed by atoms with E-state index in [4.69, 9.17) is 4.98 Å². The second-order valence-electron chi connectivity index (χ2n) is 6.32. The Balaban J connectivity index is 1.60. The number of hydrogen-bond acceptors (Lipinski definition) is 5. The molecule has 1 fully saturated rings. The second kappa shape index (κ2) is 6.59. The third-order valence-corrected chi connectivity index (χ3v) is 5.58. The van der Waals surface area contributed by atoms with E-state index >= 15 is 0 Å². The van der Waals surface area contributed by atoms with Crippen molar-refractivity contribution in [1.82, 2.24) is 9.97 Å². The molecule has 3 heterocycles. The molecule has 1 aliphatic heterocycles. The molecule has 0 saturated carbocycles. The summed E-state index contributed by atoms with van der Waals surface area (Å²) < 4.78 is 14.0. The highest BCUT2D eigenvalue weighted by Gasteiger charge is 2.23. The largest absolute Gasteiger partial charge is 0.366 e. The van der Waals surface area contributed by atoms with Gasteiger partial charge in [0.1, 0.15) is 22.3 Å². The van der Waals surface area contributed by atoms with Gasteiger partial charge in [-0.25, -0.2) is 14.4 Å². The van der Waals surface area contributed by atoms with Gasteiger partial charge in [0.25, 0.3) is 0 Å².